The molecule has 2 rings (SSSR count). The lowest BCUT2D eigenvalue weighted by Crippen LogP contribution is -2.49. The predicted octanol–water partition coefficient (Wildman–Crippen LogP) is 2.34. The molecule has 4 nitrogen and oxygen atoms in total. The zero-order chi connectivity index (χ0) is 14.5. The van der Waals surface area contributed by atoms with Crippen molar-refractivity contribution in [2.75, 3.05) is 19.7 Å². The van der Waals surface area contributed by atoms with E-state index in [1.54, 1.807) is 0 Å². The van der Waals surface area contributed by atoms with Crippen LogP contribution in [0.1, 0.15) is 24.9 Å². The van der Waals surface area contributed by atoms with Crippen LogP contribution in [0.2, 0.25) is 5.02 Å². The van der Waals surface area contributed by atoms with Crippen molar-refractivity contribution in [2.24, 2.45) is 5.73 Å². The first-order valence-corrected chi connectivity index (χ1v) is 7.30. The van der Waals surface area contributed by atoms with E-state index < -0.39 is 6.10 Å². The van der Waals surface area contributed by atoms with Gasteiger partial charge in [-0.15, -0.1) is 0 Å². The van der Waals surface area contributed by atoms with Crippen molar-refractivity contribution in [2.45, 2.75) is 31.5 Å². The van der Waals surface area contributed by atoms with Crippen LogP contribution >= 0.6 is 11.6 Å². The summed E-state index contributed by atoms with van der Waals surface area (Å²) < 4.78 is 5.41. The van der Waals surface area contributed by atoms with Crippen LogP contribution in [0, 0.1) is 11.3 Å². The van der Waals surface area contributed by atoms with Gasteiger partial charge in [0.05, 0.1) is 18.7 Å². The fraction of sp³-hybridized carbons (Fsp3) is 0.533. The third-order valence-electron chi connectivity index (χ3n) is 3.74. The van der Waals surface area contributed by atoms with Gasteiger partial charge in [-0.1, -0.05) is 36.7 Å². The summed E-state index contributed by atoms with van der Waals surface area (Å²) in [6.07, 6.45) is 0.461. The molecule has 20 heavy (non-hydrogen) atoms. The first-order chi connectivity index (χ1) is 9.67. The Morgan fingerprint density at radius 2 is 2.30 bits per heavy atom. The number of hydrogen-bond donors (Lipinski definition) is 1. The third kappa shape index (κ3) is 3.31. The van der Waals surface area contributed by atoms with E-state index in [2.05, 4.69) is 17.9 Å². The van der Waals surface area contributed by atoms with E-state index >= 15 is 0 Å². The van der Waals surface area contributed by atoms with Crippen LogP contribution in [0.4, 0.5) is 0 Å². The van der Waals surface area contributed by atoms with Crippen LogP contribution in [0.15, 0.2) is 24.3 Å². The largest absolute Gasteiger partial charge is 0.361 e. The molecule has 1 aliphatic heterocycles. The van der Waals surface area contributed by atoms with Crippen molar-refractivity contribution in [3.05, 3.63) is 34.9 Å². The van der Waals surface area contributed by atoms with Gasteiger partial charge in [0.2, 0.25) is 0 Å². The molecule has 1 aliphatic rings. The molecule has 0 amide bonds. The molecule has 0 aliphatic carbocycles. The summed E-state index contributed by atoms with van der Waals surface area (Å²) in [6, 6.07) is 9.96. The summed E-state index contributed by atoms with van der Waals surface area (Å²) in [5.41, 5.74) is 7.34. The van der Waals surface area contributed by atoms with E-state index in [1.165, 1.54) is 0 Å². The van der Waals surface area contributed by atoms with E-state index in [-0.39, 0.29) is 12.1 Å². The maximum absolute atomic E-state index is 9.05. The standard InChI is InChI=1S/C15H20ClN3O/c1-2-14(18)15(12-5-3-4-6-13(12)16)19-7-8-20-11(9-17)10-19/h3-6,11,14-15H,2,7-8,10,18H2,1H3. The minimum Gasteiger partial charge on any atom is -0.361 e. The molecule has 3 atom stereocenters. The topological polar surface area (TPSA) is 62.3 Å². The monoisotopic (exact) mass is 293 g/mol. The average molecular weight is 294 g/mol. The minimum atomic E-state index is -0.391. The van der Waals surface area contributed by atoms with Gasteiger partial charge in [-0.2, -0.15) is 5.26 Å². The van der Waals surface area contributed by atoms with E-state index in [4.69, 9.17) is 27.3 Å². The van der Waals surface area contributed by atoms with Crippen LogP contribution in [-0.4, -0.2) is 36.7 Å². The van der Waals surface area contributed by atoms with Gasteiger partial charge in [0, 0.05) is 24.2 Å². The van der Waals surface area contributed by atoms with Crippen molar-refractivity contribution < 1.29 is 4.74 Å². The maximum Gasteiger partial charge on any atom is 0.156 e. The van der Waals surface area contributed by atoms with Gasteiger partial charge in [0.25, 0.3) is 0 Å². The minimum absolute atomic E-state index is 0.0210. The predicted molar refractivity (Wildman–Crippen MR) is 79.4 cm³/mol. The fourth-order valence-electron chi connectivity index (χ4n) is 2.64. The number of nitriles is 1. The molecule has 3 unspecified atom stereocenters. The summed E-state index contributed by atoms with van der Waals surface area (Å²) in [5.74, 6) is 0. The number of rotatable bonds is 4. The van der Waals surface area contributed by atoms with Crippen molar-refractivity contribution in [3.8, 4) is 6.07 Å². The second-order valence-electron chi connectivity index (χ2n) is 5.02. The van der Waals surface area contributed by atoms with Gasteiger partial charge in [-0.3, -0.25) is 4.90 Å². The Kier molecular flexibility index (Phi) is 5.38. The van der Waals surface area contributed by atoms with E-state index in [0.29, 0.717) is 13.2 Å². The first kappa shape index (κ1) is 15.3. The zero-order valence-electron chi connectivity index (χ0n) is 11.6. The molecule has 5 heteroatoms. The highest BCUT2D eigenvalue weighted by molar-refractivity contribution is 6.31. The highest BCUT2D eigenvalue weighted by Crippen LogP contribution is 2.31. The van der Waals surface area contributed by atoms with Crippen LogP contribution in [-0.2, 0) is 4.74 Å². The SMILES string of the molecule is CCC(N)C(c1ccccc1Cl)N1CCOC(C#N)C1. The number of morpholine rings is 1. The van der Waals surface area contributed by atoms with Crippen LogP contribution in [0.5, 0.6) is 0 Å². The van der Waals surface area contributed by atoms with Crippen LogP contribution in [0.3, 0.4) is 0 Å². The Labute approximate surface area is 125 Å². The average Bonchev–Trinajstić information content (AvgIpc) is 2.49. The molecule has 1 fully saturated rings. The van der Waals surface area contributed by atoms with E-state index in [1.807, 2.05) is 24.3 Å². The number of hydrogen-bond acceptors (Lipinski definition) is 4. The fourth-order valence-corrected chi connectivity index (χ4v) is 2.88. The lowest BCUT2D eigenvalue weighted by molar-refractivity contribution is -0.0222. The van der Waals surface area contributed by atoms with Gasteiger partial charge in [-0.25, -0.2) is 0 Å². The van der Waals surface area contributed by atoms with Crippen LogP contribution in [0.25, 0.3) is 0 Å². The lowest BCUT2D eigenvalue weighted by atomic mass is 9.95. The molecule has 0 bridgehead atoms. The van der Waals surface area contributed by atoms with Crippen molar-refractivity contribution in [1.29, 1.82) is 5.26 Å². The summed E-state index contributed by atoms with van der Waals surface area (Å²) in [5, 5.41) is 9.78. The van der Waals surface area contributed by atoms with Gasteiger partial charge in [0.1, 0.15) is 0 Å². The molecule has 0 saturated carbocycles. The molecule has 0 aromatic heterocycles. The molecule has 1 saturated heterocycles. The molecule has 0 spiro atoms. The molecule has 108 valence electrons. The molecule has 1 aromatic carbocycles. The number of nitrogens with zero attached hydrogens (tertiary/aromatic N) is 2. The lowest BCUT2D eigenvalue weighted by Gasteiger charge is -2.39. The Balaban J connectivity index is 2.29. The molecular formula is C15H20ClN3O. The maximum atomic E-state index is 9.05. The third-order valence-corrected chi connectivity index (χ3v) is 4.08. The van der Waals surface area contributed by atoms with Crippen molar-refractivity contribution in [1.82, 2.24) is 4.90 Å². The van der Waals surface area contributed by atoms with E-state index in [0.717, 1.165) is 23.6 Å². The second-order valence-corrected chi connectivity index (χ2v) is 5.43. The summed E-state index contributed by atoms with van der Waals surface area (Å²) >= 11 is 6.33. The van der Waals surface area contributed by atoms with E-state index in [9.17, 15) is 0 Å². The van der Waals surface area contributed by atoms with Gasteiger partial charge < -0.3 is 10.5 Å². The number of halogens is 1. The second kappa shape index (κ2) is 7.05. The molecular weight excluding hydrogens is 274 g/mol. The summed E-state index contributed by atoms with van der Waals surface area (Å²) in [7, 11) is 0. The highest BCUT2D eigenvalue weighted by Gasteiger charge is 2.31. The highest BCUT2D eigenvalue weighted by atomic mass is 35.5. The van der Waals surface area contributed by atoms with Crippen molar-refractivity contribution >= 4 is 11.6 Å². The Bertz CT molecular complexity index is 488. The van der Waals surface area contributed by atoms with Gasteiger partial charge in [-0.05, 0) is 18.1 Å². The first-order valence-electron chi connectivity index (χ1n) is 6.92. The number of benzene rings is 1. The number of nitrogens with two attached hydrogens (primary N) is 1. The summed E-state index contributed by atoms with van der Waals surface area (Å²) in [4.78, 5) is 2.22. The van der Waals surface area contributed by atoms with Crippen molar-refractivity contribution in [3.63, 3.8) is 0 Å². The smallest absolute Gasteiger partial charge is 0.156 e. The Morgan fingerprint density at radius 3 is 2.95 bits per heavy atom. The van der Waals surface area contributed by atoms with Gasteiger partial charge in [0.15, 0.2) is 6.10 Å². The normalized spacial score (nSPS) is 23.0. The quantitative estimate of drug-likeness (QED) is 0.925. The summed E-state index contributed by atoms with van der Waals surface area (Å²) in [6.45, 7) is 3.95. The molecule has 1 heterocycles. The zero-order valence-corrected chi connectivity index (χ0v) is 12.4. The molecule has 0 radical (unpaired) electrons. The number of ether oxygens (including phenoxy) is 1. The molecule has 1 aromatic rings. The Morgan fingerprint density at radius 1 is 1.55 bits per heavy atom. The Hall–Kier alpha value is -1.12. The molecule has 2 N–H and O–H groups in total. The van der Waals surface area contributed by atoms with Gasteiger partial charge >= 0.3 is 0 Å². The van der Waals surface area contributed by atoms with Crippen LogP contribution < -0.4 is 5.73 Å².